The molecule has 0 saturated heterocycles. The molecule has 3 rings (SSSR count). The van der Waals surface area contributed by atoms with E-state index in [0.29, 0.717) is 5.92 Å². The normalized spacial score (nSPS) is 14.9. The van der Waals surface area contributed by atoms with Crippen molar-refractivity contribution in [2.24, 2.45) is 5.92 Å². The maximum atomic E-state index is 6.33. The van der Waals surface area contributed by atoms with Crippen LogP contribution in [0.4, 0.5) is 5.69 Å². The first-order chi connectivity index (χ1) is 12.2. The van der Waals surface area contributed by atoms with Crippen molar-refractivity contribution in [3.05, 3.63) is 59.2 Å². The van der Waals surface area contributed by atoms with Crippen molar-refractivity contribution < 1.29 is 4.74 Å². The van der Waals surface area contributed by atoms with E-state index in [1.54, 1.807) is 0 Å². The average Bonchev–Trinajstić information content (AvgIpc) is 2.61. The molecule has 0 bridgehead atoms. The molecule has 0 heterocycles. The Hall–Kier alpha value is -1.42. The first kappa shape index (κ1) is 23.6. The van der Waals surface area contributed by atoms with Gasteiger partial charge in [0, 0.05) is 18.2 Å². The summed E-state index contributed by atoms with van der Waals surface area (Å²) < 4.78 is 6.33. The van der Waals surface area contributed by atoms with Crippen LogP contribution in [0, 0.1) is 5.92 Å². The van der Waals surface area contributed by atoms with Crippen LogP contribution < -0.4 is 15.8 Å². The van der Waals surface area contributed by atoms with Gasteiger partial charge in [-0.2, -0.15) is 0 Å². The predicted molar refractivity (Wildman–Crippen MR) is 120 cm³/mol. The quantitative estimate of drug-likeness (QED) is 0.641. The van der Waals surface area contributed by atoms with Gasteiger partial charge < -0.3 is 15.8 Å². The summed E-state index contributed by atoms with van der Waals surface area (Å²) in [4.78, 5) is 0. The second-order valence-electron chi connectivity index (χ2n) is 7.23. The summed E-state index contributed by atoms with van der Waals surface area (Å²) in [5.74, 6) is 1.39. The highest BCUT2D eigenvalue weighted by Crippen LogP contribution is 2.27. The van der Waals surface area contributed by atoms with Crippen LogP contribution in [0.1, 0.15) is 36.5 Å². The Morgan fingerprint density at radius 1 is 1.04 bits per heavy atom. The summed E-state index contributed by atoms with van der Waals surface area (Å²) in [6.07, 6.45) is 6.10. The summed E-state index contributed by atoms with van der Waals surface area (Å²) in [7, 11) is 2.00. The van der Waals surface area contributed by atoms with E-state index >= 15 is 0 Å². The van der Waals surface area contributed by atoms with Crippen molar-refractivity contribution in [3.8, 4) is 5.75 Å². The zero-order chi connectivity index (χ0) is 17.6. The van der Waals surface area contributed by atoms with Crippen LogP contribution in [0.15, 0.2) is 42.5 Å². The van der Waals surface area contributed by atoms with E-state index < -0.39 is 0 Å². The fraction of sp³-hybridized carbons (Fsp3) is 0.455. The van der Waals surface area contributed by atoms with Gasteiger partial charge in [-0.15, -0.1) is 24.8 Å². The van der Waals surface area contributed by atoms with Crippen molar-refractivity contribution in [2.45, 2.75) is 45.1 Å². The lowest BCUT2D eigenvalue weighted by Gasteiger charge is -2.26. The molecular formula is C22H32Cl2N2O. The summed E-state index contributed by atoms with van der Waals surface area (Å²) in [5.41, 5.74) is 11.0. The van der Waals surface area contributed by atoms with Crippen LogP contribution >= 0.6 is 24.8 Å². The van der Waals surface area contributed by atoms with Gasteiger partial charge in [-0.1, -0.05) is 18.2 Å². The standard InChI is InChI=1S/C22H30N2O.2ClH/c1-16(20(15-24-2)12-17-6-5-9-21(23)13-17)25-22-11-10-18-7-3-4-8-19(18)14-22;;/h5-6,9-11,13-14,16,20,24H,3-4,7-8,12,15,23H2,1-2H3;2*1H. The summed E-state index contributed by atoms with van der Waals surface area (Å²) in [6.45, 7) is 3.09. The second-order valence-corrected chi connectivity index (χ2v) is 7.23. The maximum Gasteiger partial charge on any atom is 0.120 e. The average molecular weight is 411 g/mol. The Kier molecular flexibility index (Phi) is 10.00. The maximum absolute atomic E-state index is 6.33. The molecule has 0 spiro atoms. The fourth-order valence-electron chi connectivity index (χ4n) is 3.78. The Bertz CT molecular complexity index is 708. The fourth-order valence-corrected chi connectivity index (χ4v) is 3.78. The van der Waals surface area contributed by atoms with Crippen LogP contribution in [0.25, 0.3) is 0 Å². The molecule has 27 heavy (non-hydrogen) atoms. The molecule has 3 nitrogen and oxygen atoms in total. The number of fused-ring (bicyclic) bond motifs is 1. The van der Waals surface area contributed by atoms with E-state index in [0.717, 1.165) is 24.4 Å². The molecule has 0 saturated carbocycles. The molecule has 3 N–H and O–H groups in total. The molecule has 5 heteroatoms. The Balaban J connectivity index is 0.00000182. The number of nitrogen functional groups attached to an aromatic ring is 1. The molecule has 0 radical (unpaired) electrons. The summed E-state index contributed by atoms with van der Waals surface area (Å²) in [6, 6.07) is 14.8. The van der Waals surface area contributed by atoms with Crippen LogP contribution in [-0.2, 0) is 19.3 Å². The zero-order valence-corrected chi connectivity index (χ0v) is 17.9. The number of nitrogens with two attached hydrogens (primary N) is 1. The van der Waals surface area contributed by atoms with Crippen LogP contribution in [0.3, 0.4) is 0 Å². The van der Waals surface area contributed by atoms with E-state index in [9.17, 15) is 0 Å². The van der Waals surface area contributed by atoms with Gasteiger partial charge in [0.1, 0.15) is 11.9 Å². The van der Waals surface area contributed by atoms with Crippen molar-refractivity contribution in [2.75, 3.05) is 19.3 Å². The molecule has 2 aromatic rings. The highest BCUT2D eigenvalue weighted by atomic mass is 35.5. The molecule has 2 unspecified atom stereocenters. The number of anilines is 1. The number of aryl methyl sites for hydroxylation is 2. The molecule has 0 aromatic heterocycles. The predicted octanol–water partition coefficient (Wildman–Crippen LogP) is 4.84. The van der Waals surface area contributed by atoms with Crippen LogP contribution in [-0.4, -0.2) is 19.7 Å². The number of hydrogen-bond donors (Lipinski definition) is 2. The van der Waals surface area contributed by atoms with Crippen molar-refractivity contribution >= 4 is 30.5 Å². The lowest BCUT2D eigenvalue weighted by atomic mass is 9.91. The SMILES string of the molecule is CNCC(Cc1cccc(N)c1)C(C)Oc1ccc2c(c1)CCCC2.Cl.Cl. The first-order valence-electron chi connectivity index (χ1n) is 9.43. The number of hydrogen-bond acceptors (Lipinski definition) is 3. The van der Waals surface area contributed by atoms with Crippen LogP contribution in [0.5, 0.6) is 5.75 Å². The molecule has 0 amide bonds. The molecule has 1 aliphatic rings. The third-order valence-corrected chi connectivity index (χ3v) is 5.22. The van der Waals surface area contributed by atoms with E-state index in [1.807, 2.05) is 19.2 Å². The van der Waals surface area contributed by atoms with E-state index in [1.165, 1.54) is 42.4 Å². The summed E-state index contributed by atoms with van der Waals surface area (Å²) >= 11 is 0. The highest BCUT2D eigenvalue weighted by Gasteiger charge is 2.20. The lowest BCUT2D eigenvalue weighted by molar-refractivity contribution is 0.150. The number of ether oxygens (including phenoxy) is 1. The van der Waals surface area contributed by atoms with Crippen molar-refractivity contribution in [1.29, 1.82) is 0 Å². The van der Waals surface area contributed by atoms with E-state index in [-0.39, 0.29) is 30.9 Å². The van der Waals surface area contributed by atoms with Crippen molar-refractivity contribution in [3.63, 3.8) is 0 Å². The third-order valence-electron chi connectivity index (χ3n) is 5.22. The van der Waals surface area contributed by atoms with Gasteiger partial charge in [0.05, 0.1) is 0 Å². The van der Waals surface area contributed by atoms with Gasteiger partial charge in [0.2, 0.25) is 0 Å². The smallest absolute Gasteiger partial charge is 0.120 e. The number of nitrogens with one attached hydrogen (secondary N) is 1. The molecule has 0 fully saturated rings. The molecular weight excluding hydrogens is 379 g/mol. The minimum absolute atomic E-state index is 0. The lowest BCUT2D eigenvalue weighted by Crippen LogP contribution is -2.33. The Morgan fingerprint density at radius 3 is 2.48 bits per heavy atom. The summed E-state index contributed by atoms with van der Waals surface area (Å²) in [5, 5.41) is 3.31. The van der Waals surface area contributed by atoms with Gasteiger partial charge in [-0.25, -0.2) is 0 Å². The minimum Gasteiger partial charge on any atom is -0.490 e. The monoisotopic (exact) mass is 410 g/mol. The van der Waals surface area contributed by atoms with Gasteiger partial charge in [0.25, 0.3) is 0 Å². The number of halogens is 2. The second kappa shape index (κ2) is 11.4. The Morgan fingerprint density at radius 2 is 1.78 bits per heavy atom. The first-order valence-corrected chi connectivity index (χ1v) is 9.43. The van der Waals surface area contributed by atoms with E-state index in [2.05, 4.69) is 42.6 Å². The van der Waals surface area contributed by atoms with Crippen molar-refractivity contribution in [1.82, 2.24) is 5.32 Å². The Labute approximate surface area is 175 Å². The zero-order valence-electron chi connectivity index (χ0n) is 16.2. The number of benzene rings is 2. The molecule has 150 valence electrons. The minimum atomic E-state index is 0. The van der Waals surface area contributed by atoms with Gasteiger partial charge in [-0.3, -0.25) is 0 Å². The van der Waals surface area contributed by atoms with Gasteiger partial charge >= 0.3 is 0 Å². The van der Waals surface area contributed by atoms with Crippen LogP contribution in [0.2, 0.25) is 0 Å². The molecule has 1 aliphatic carbocycles. The topological polar surface area (TPSA) is 47.3 Å². The largest absolute Gasteiger partial charge is 0.490 e. The van der Waals surface area contributed by atoms with Gasteiger partial charge in [0.15, 0.2) is 0 Å². The third kappa shape index (κ3) is 6.60. The van der Waals surface area contributed by atoms with Gasteiger partial charge in [-0.05, 0) is 87.0 Å². The molecule has 0 aliphatic heterocycles. The molecule has 2 atom stereocenters. The number of rotatable bonds is 7. The molecule has 2 aromatic carbocycles. The highest BCUT2D eigenvalue weighted by molar-refractivity contribution is 5.85. The van der Waals surface area contributed by atoms with E-state index in [4.69, 9.17) is 10.5 Å².